The second-order valence-corrected chi connectivity index (χ2v) is 5.55. The largest absolute Gasteiger partial charge is 0.368 e. The average Bonchev–Trinajstić information content (AvgIpc) is 3.13. The topological polar surface area (TPSA) is 29.3 Å². The number of halogens is 1. The van der Waals surface area contributed by atoms with Crippen LogP contribution >= 0.6 is 0 Å². The smallest absolute Gasteiger partial charge is 0.129 e. The van der Waals surface area contributed by atoms with Crippen molar-refractivity contribution in [2.45, 2.75) is 45.7 Å². The summed E-state index contributed by atoms with van der Waals surface area (Å²) in [5.74, 6) is 0.492. The van der Waals surface area contributed by atoms with Crippen molar-refractivity contribution in [3.8, 4) is 0 Å². The van der Waals surface area contributed by atoms with Gasteiger partial charge < -0.3 is 10.6 Å². The van der Waals surface area contributed by atoms with Crippen molar-refractivity contribution in [3.05, 3.63) is 29.6 Å². The average molecular weight is 250 g/mol. The first-order valence-electron chi connectivity index (χ1n) is 6.87. The highest BCUT2D eigenvalue weighted by Crippen LogP contribution is 2.34. The Kier molecular flexibility index (Phi) is 4.23. The summed E-state index contributed by atoms with van der Waals surface area (Å²) in [6.07, 6.45) is 3.58. The zero-order valence-corrected chi connectivity index (χ0v) is 11.3. The van der Waals surface area contributed by atoms with Gasteiger partial charge in [0, 0.05) is 30.4 Å². The van der Waals surface area contributed by atoms with Crippen LogP contribution in [-0.2, 0) is 6.54 Å². The molecule has 1 fully saturated rings. The number of hydrogen-bond donors (Lipinski definition) is 1. The molecule has 0 radical (unpaired) electrons. The standard InChI is InChI=1S/C15H23FN2/c1-11(2)8-9-18(12-6-7-12)15-5-3-4-14(16)13(15)10-17/h3-5,11-12H,6-10,17H2,1-2H3. The quantitative estimate of drug-likeness (QED) is 0.839. The molecule has 0 bridgehead atoms. The summed E-state index contributed by atoms with van der Waals surface area (Å²) < 4.78 is 13.8. The van der Waals surface area contributed by atoms with Gasteiger partial charge in [-0.25, -0.2) is 4.39 Å². The first-order chi connectivity index (χ1) is 8.63. The summed E-state index contributed by atoms with van der Waals surface area (Å²) in [4.78, 5) is 2.35. The molecule has 0 unspecified atom stereocenters. The van der Waals surface area contributed by atoms with E-state index in [0.29, 0.717) is 17.5 Å². The molecule has 2 N–H and O–H groups in total. The fourth-order valence-electron chi connectivity index (χ4n) is 2.30. The highest BCUT2D eigenvalue weighted by atomic mass is 19.1. The van der Waals surface area contributed by atoms with Crippen LogP contribution in [0, 0.1) is 11.7 Å². The molecular formula is C15H23FN2. The molecule has 1 aliphatic rings. The summed E-state index contributed by atoms with van der Waals surface area (Å²) in [5.41, 5.74) is 7.36. The predicted octanol–water partition coefficient (Wildman–Crippen LogP) is 3.30. The number of hydrogen-bond acceptors (Lipinski definition) is 2. The molecule has 18 heavy (non-hydrogen) atoms. The van der Waals surface area contributed by atoms with Crippen molar-refractivity contribution >= 4 is 5.69 Å². The molecular weight excluding hydrogens is 227 g/mol. The Morgan fingerprint density at radius 2 is 2.11 bits per heavy atom. The highest BCUT2D eigenvalue weighted by molar-refractivity contribution is 5.55. The fraction of sp³-hybridized carbons (Fsp3) is 0.600. The lowest BCUT2D eigenvalue weighted by molar-refractivity contribution is 0.566. The molecule has 1 saturated carbocycles. The molecule has 0 aromatic heterocycles. The van der Waals surface area contributed by atoms with E-state index in [0.717, 1.165) is 18.7 Å². The minimum atomic E-state index is -0.176. The van der Waals surface area contributed by atoms with Crippen molar-refractivity contribution < 1.29 is 4.39 Å². The van der Waals surface area contributed by atoms with E-state index in [1.54, 1.807) is 6.07 Å². The maximum absolute atomic E-state index is 13.8. The minimum Gasteiger partial charge on any atom is -0.368 e. The molecule has 1 aliphatic carbocycles. The zero-order chi connectivity index (χ0) is 13.1. The van der Waals surface area contributed by atoms with E-state index in [-0.39, 0.29) is 12.4 Å². The lowest BCUT2D eigenvalue weighted by atomic mass is 10.1. The SMILES string of the molecule is CC(C)CCN(c1cccc(F)c1CN)C1CC1. The van der Waals surface area contributed by atoms with Crippen LogP contribution in [0.25, 0.3) is 0 Å². The molecule has 1 aromatic carbocycles. The lowest BCUT2D eigenvalue weighted by Crippen LogP contribution is -2.29. The van der Waals surface area contributed by atoms with Gasteiger partial charge in [0.1, 0.15) is 5.82 Å². The van der Waals surface area contributed by atoms with E-state index in [1.165, 1.54) is 18.9 Å². The second-order valence-electron chi connectivity index (χ2n) is 5.55. The van der Waals surface area contributed by atoms with Crippen molar-refractivity contribution in [2.24, 2.45) is 11.7 Å². The van der Waals surface area contributed by atoms with E-state index in [4.69, 9.17) is 5.73 Å². The molecule has 3 heteroatoms. The van der Waals surface area contributed by atoms with Crippen molar-refractivity contribution in [1.82, 2.24) is 0 Å². The van der Waals surface area contributed by atoms with Crippen LogP contribution in [0.1, 0.15) is 38.7 Å². The predicted molar refractivity (Wildman–Crippen MR) is 74.1 cm³/mol. The number of anilines is 1. The summed E-state index contributed by atoms with van der Waals surface area (Å²) in [6, 6.07) is 5.88. The molecule has 2 nitrogen and oxygen atoms in total. The molecule has 0 spiro atoms. The van der Waals surface area contributed by atoms with Crippen LogP contribution in [-0.4, -0.2) is 12.6 Å². The maximum atomic E-state index is 13.8. The van der Waals surface area contributed by atoms with E-state index in [1.807, 2.05) is 6.07 Å². The van der Waals surface area contributed by atoms with Crippen LogP contribution in [0.4, 0.5) is 10.1 Å². The van der Waals surface area contributed by atoms with E-state index in [2.05, 4.69) is 18.7 Å². The van der Waals surface area contributed by atoms with Crippen LogP contribution in [0.15, 0.2) is 18.2 Å². The second kappa shape index (κ2) is 5.70. The van der Waals surface area contributed by atoms with Gasteiger partial charge in [-0.1, -0.05) is 19.9 Å². The fourth-order valence-corrected chi connectivity index (χ4v) is 2.30. The van der Waals surface area contributed by atoms with Crippen LogP contribution < -0.4 is 10.6 Å². The van der Waals surface area contributed by atoms with Crippen molar-refractivity contribution in [1.29, 1.82) is 0 Å². The van der Waals surface area contributed by atoms with Crippen molar-refractivity contribution in [2.75, 3.05) is 11.4 Å². The third kappa shape index (κ3) is 3.02. The molecule has 0 heterocycles. The molecule has 0 saturated heterocycles. The Morgan fingerprint density at radius 3 is 2.67 bits per heavy atom. The van der Waals surface area contributed by atoms with Gasteiger partial charge in [0.25, 0.3) is 0 Å². The minimum absolute atomic E-state index is 0.176. The third-order valence-electron chi connectivity index (χ3n) is 3.54. The van der Waals surface area contributed by atoms with E-state index < -0.39 is 0 Å². The Morgan fingerprint density at radius 1 is 1.39 bits per heavy atom. The van der Waals surface area contributed by atoms with Crippen LogP contribution in [0.5, 0.6) is 0 Å². The molecule has 0 aliphatic heterocycles. The number of nitrogens with two attached hydrogens (primary N) is 1. The molecule has 1 aromatic rings. The number of nitrogens with zero attached hydrogens (tertiary/aromatic N) is 1. The summed E-state index contributed by atoms with van der Waals surface area (Å²) in [5, 5.41) is 0. The van der Waals surface area contributed by atoms with Gasteiger partial charge in [-0.05, 0) is 37.3 Å². The Hall–Kier alpha value is -1.09. The summed E-state index contributed by atoms with van der Waals surface area (Å²) in [6.45, 7) is 5.71. The Bertz CT molecular complexity index is 399. The Labute approximate surface area is 109 Å². The van der Waals surface area contributed by atoms with Crippen LogP contribution in [0.2, 0.25) is 0 Å². The van der Waals surface area contributed by atoms with Gasteiger partial charge in [0.15, 0.2) is 0 Å². The Balaban J connectivity index is 2.22. The third-order valence-corrected chi connectivity index (χ3v) is 3.54. The molecule has 100 valence electrons. The lowest BCUT2D eigenvalue weighted by Gasteiger charge is -2.28. The van der Waals surface area contributed by atoms with Gasteiger partial charge in [0.2, 0.25) is 0 Å². The van der Waals surface area contributed by atoms with E-state index in [9.17, 15) is 4.39 Å². The molecule has 0 amide bonds. The van der Waals surface area contributed by atoms with Crippen molar-refractivity contribution in [3.63, 3.8) is 0 Å². The van der Waals surface area contributed by atoms with Gasteiger partial charge in [-0.15, -0.1) is 0 Å². The van der Waals surface area contributed by atoms with Gasteiger partial charge >= 0.3 is 0 Å². The maximum Gasteiger partial charge on any atom is 0.129 e. The van der Waals surface area contributed by atoms with E-state index >= 15 is 0 Å². The number of benzene rings is 1. The van der Waals surface area contributed by atoms with Gasteiger partial charge in [-0.2, -0.15) is 0 Å². The van der Waals surface area contributed by atoms with Gasteiger partial charge in [0.05, 0.1) is 0 Å². The summed E-state index contributed by atoms with van der Waals surface area (Å²) >= 11 is 0. The highest BCUT2D eigenvalue weighted by Gasteiger charge is 2.30. The zero-order valence-electron chi connectivity index (χ0n) is 11.3. The monoisotopic (exact) mass is 250 g/mol. The van der Waals surface area contributed by atoms with Crippen LogP contribution in [0.3, 0.4) is 0 Å². The normalized spacial score (nSPS) is 15.2. The first kappa shape index (κ1) is 13.3. The summed E-state index contributed by atoms with van der Waals surface area (Å²) in [7, 11) is 0. The number of rotatable bonds is 6. The first-order valence-corrected chi connectivity index (χ1v) is 6.87. The molecule has 2 rings (SSSR count). The van der Waals surface area contributed by atoms with Gasteiger partial charge in [-0.3, -0.25) is 0 Å². The molecule has 0 atom stereocenters.